The van der Waals surface area contributed by atoms with Crippen LogP contribution in [0.5, 0.6) is 0 Å². The summed E-state index contributed by atoms with van der Waals surface area (Å²) in [7, 11) is 5.79. The number of carbonyl (C=O) groups is 1. The predicted octanol–water partition coefficient (Wildman–Crippen LogP) is 2.04. The summed E-state index contributed by atoms with van der Waals surface area (Å²) in [6.45, 7) is 1.000. The van der Waals surface area contributed by atoms with Crippen molar-refractivity contribution in [2.75, 3.05) is 27.7 Å². The number of likely N-dealkylation sites (N-methyl/N-ethyl adjacent to an activating group) is 2. The lowest BCUT2D eigenvalue weighted by Crippen LogP contribution is -2.47. The summed E-state index contributed by atoms with van der Waals surface area (Å²) in [6, 6.07) is 0.0712. The van der Waals surface area contributed by atoms with Gasteiger partial charge in [0, 0.05) is 20.6 Å². The van der Waals surface area contributed by atoms with Crippen LogP contribution in [0.4, 0.5) is 0 Å². The van der Waals surface area contributed by atoms with Crippen LogP contribution in [0.1, 0.15) is 38.5 Å². The number of carbonyl (C=O) groups excluding carboxylic acids is 1. The Balaban J connectivity index is 2.14. The number of nitrogens with zero attached hydrogens (tertiary/aromatic N) is 2. The Morgan fingerprint density at radius 3 is 2.47 bits per heavy atom. The minimum atomic E-state index is 0.0712. The Kier molecular flexibility index (Phi) is 3.87. The maximum absolute atomic E-state index is 12.1. The first kappa shape index (κ1) is 12.6. The van der Waals surface area contributed by atoms with Crippen molar-refractivity contribution in [3.8, 4) is 0 Å². The summed E-state index contributed by atoms with van der Waals surface area (Å²) in [4.78, 5) is 16.1. The van der Waals surface area contributed by atoms with Crippen LogP contribution in [-0.2, 0) is 4.79 Å². The van der Waals surface area contributed by atoms with E-state index in [1.165, 1.54) is 32.1 Å². The van der Waals surface area contributed by atoms with Crippen molar-refractivity contribution >= 4 is 5.91 Å². The van der Waals surface area contributed by atoms with Gasteiger partial charge in [-0.1, -0.05) is 17.6 Å². The van der Waals surface area contributed by atoms with E-state index in [0.717, 1.165) is 13.0 Å². The van der Waals surface area contributed by atoms with Crippen molar-refractivity contribution in [2.45, 2.75) is 44.6 Å². The Bertz CT molecular complexity index is 333. The molecule has 1 unspecified atom stereocenters. The normalized spacial score (nSPS) is 26.4. The van der Waals surface area contributed by atoms with Crippen LogP contribution >= 0.6 is 0 Å². The second-order valence-corrected chi connectivity index (χ2v) is 5.64. The monoisotopic (exact) mass is 236 g/mol. The van der Waals surface area contributed by atoms with Gasteiger partial charge in [0.2, 0.25) is 5.91 Å². The van der Waals surface area contributed by atoms with E-state index in [1.807, 2.05) is 14.1 Å². The first-order valence-corrected chi connectivity index (χ1v) is 6.70. The Morgan fingerprint density at radius 1 is 1.18 bits per heavy atom. The van der Waals surface area contributed by atoms with Crippen LogP contribution in [0.3, 0.4) is 0 Å². The van der Waals surface area contributed by atoms with Crippen molar-refractivity contribution in [1.82, 2.24) is 9.80 Å². The van der Waals surface area contributed by atoms with Crippen LogP contribution in [0.15, 0.2) is 11.1 Å². The van der Waals surface area contributed by atoms with Crippen LogP contribution in [0.2, 0.25) is 0 Å². The molecule has 0 aromatic rings. The predicted molar refractivity (Wildman–Crippen MR) is 69.8 cm³/mol. The van der Waals surface area contributed by atoms with Crippen molar-refractivity contribution in [2.24, 2.45) is 0 Å². The highest BCUT2D eigenvalue weighted by molar-refractivity contribution is 5.82. The second-order valence-electron chi connectivity index (χ2n) is 5.64. The molecule has 1 heterocycles. The third-order valence-electron chi connectivity index (χ3n) is 4.10. The fourth-order valence-electron chi connectivity index (χ4n) is 3.02. The summed E-state index contributed by atoms with van der Waals surface area (Å²) >= 11 is 0. The molecule has 3 heteroatoms. The molecule has 0 radical (unpaired) electrons. The number of hydrogen-bond acceptors (Lipinski definition) is 2. The fourth-order valence-corrected chi connectivity index (χ4v) is 3.02. The molecule has 1 aliphatic carbocycles. The molecular formula is C14H24N2O. The van der Waals surface area contributed by atoms with Crippen LogP contribution in [0, 0.1) is 0 Å². The molecule has 17 heavy (non-hydrogen) atoms. The molecule has 0 saturated heterocycles. The lowest BCUT2D eigenvalue weighted by atomic mass is 9.91. The number of rotatable bonds is 1. The van der Waals surface area contributed by atoms with E-state index in [0.29, 0.717) is 0 Å². The molecule has 1 atom stereocenters. The standard InChI is InChI=1S/C14H24N2O/c1-15(2)14(17)13-9-11-7-5-4-6-8-12(11)10-16(13)3/h13H,4-10H2,1-3H3. The van der Waals surface area contributed by atoms with Gasteiger partial charge in [0.25, 0.3) is 0 Å². The van der Waals surface area contributed by atoms with Crippen LogP contribution < -0.4 is 0 Å². The van der Waals surface area contributed by atoms with Gasteiger partial charge in [0.1, 0.15) is 0 Å². The zero-order valence-electron chi connectivity index (χ0n) is 11.3. The lowest BCUT2D eigenvalue weighted by molar-refractivity contribution is -0.134. The molecule has 0 saturated carbocycles. The molecule has 0 aromatic carbocycles. The van der Waals surface area contributed by atoms with E-state index < -0.39 is 0 Å². The average Bonchev–Trinajstić information content (AvgIpc) is 2.51. The van der Waals surface area contributed by atoms with E-state index in [2.05, 4.69) is 11.9 Å². The summed E-state index contributed by atoms with van der Waals surface area (Å²) in [5.74, 6) is 0.253. The Hall–Kier alpha value is -0.830. The molecule has 3 nitrogen and oxygen atoms in total. The molecule has 0 aromatic heterocycles. The molecule has 0 spiro atoms. The summed E-state index contributed by atoms with van der Waals surface area (Å²) in [5.41, 5.74) is 3.20. The van der Waals surface area contributed by atoms with Crippen LogP contribution in [0.25, 0.3) is 0 Å². The topological polar surface area (TPSA) is 23.6 Å². The SMILES string of the molecule is CN(C)C(=O)C1CC2=C(CCCCC2)CN1C. The van der Waals surface area contributed by atoms with Gasteiger partial charge in [-0.25, -0.2) is 0 Å². The third-order valence-corrected chi connectivity index (χ3v) is 4.10. The Labute approximate surface area is 104 Å². The number of hydrogen-bond donors (Lipinski definition) is 0. The van der Waals surface area contributed by atoms with Crippen molar-refractivity contribution in [3.63, 3.8) is 0 Å². The van der Waals surface area contributed by atoms with E-state index in [-0.39, 0.29) is 11.9 Å². The zero-order chi connectivity index (χ0) is 12.4. The van der Waals surface area contributed by atoms with Crippen molar-refractivity contribution < 1.29 is 4.79 Å². The van der Waals surface area contributed by atoms with Gasteiger partial charge in [-0.15, -0.1) is 0 Å². The molecule has 0 fully saturated rings. The molecule has 2 aliphatic rings. The van der Waals surface area contributed by atoms with Gasteiger partial charge in [-0.05, 0) is 39.2 Å². The van der Waals surface area contributed by atoms with Gasteiger partial charge >= 0.3 is 0 Å². The van der Waals surface area contributed by atoms with Gasteiger partial charge in [0.15, 0.2) is 0 Å². The Morgan fingerprint density at radius 2 is 1.82 bits per heavy atom. The summed E-state index contributed by atoms with van der Waals surface area (Å²) in [5, 5.41) is 0. The highest BCUT2D eigenvalue weighted by Gasteiger charge is 2.31. The first-order valence-electron chi connectivity index (χ1n) is 6.70. The van der Waals surface area contributed by atoms with Crippen LogP contribution in [-0.4, -0.2) is 49.4 Å². The largest absolute Gasteiger partial charge is 0.347 e. The smallest absolute Gasteiger partial charge is 0.239 e. The van der Waals surface area contributed by atoms with Gasteiger partial charge in [-0.2, -0.15) is 0 Å². The third kappa shape index (κ3) is 2.71. The molecule has 1 aliphatic heterocycles. The summed E-state index contributed by atoms with van der Waals surface area (Å²) < 4.78 is 0. The van der Waals surface area contributed by atoms with E-state index in [1.54, 1.807) is 16.0 Å². The second kappa shape index (κ2) is 5.21. The molecule has 0 bridgehead atoms. The van der Waals surface area contributed by atoms with Crippen molar-refractivity contribution in [1.29, 1.82) is 0 Å². The first-order chi connectivity index (χ1) is 8.09. The maximum Gasteiger partial charge on any atom is 0.239 e. The average molecular weight is 236 g/mol. The fraction of sp³-hybridized carbons (Fsp3) is 0.786. The molecular weight excluding hydrogens is 212 g/mol. The van der Waals surface area contributed by atoms with E-state index in [9.17, 15) is 4.79 Å². The molecule has 96 valence electrons. The van der Waals surface area contributed by atoms with Gasteiger partial charge in [0.05, 0.1) is 6.04 Å². The molecule has 1 amide bonds. The van der Waals surface area contributed by atoms with Gasteiger partial charge < -0.3 is 4.90 Å². The minimum Gasteiger partial charge on any atom is -0.347 e. The van der Waals surface area contributed by atoms with E-state index >= 15 is 0 Å². The lowest BCUT2D eigenvalue weighted by Gasteiger charge is -2.35. The number of amides is 1. The minimum absolute atomic E-state index is 0.0712. The zero-order valence-corrected chi connectivity index (χ0v) is 11.3. The quantitative estimate of drug-likeness (QED) is 0.650. The maximum atomic E-state index is 12.1. The highest BCUT2D eigenvalue weighted by Crippen LogP contribution is 2.32. The summed E-state index contributed by atoms with van der Waals surface area (Å²) in [6.07, 6.45) is 7.43. The van der Waals surface area contributed by atoms with Gasteiger partial charge in [-0.3, -0.25) is 9.69 Å². The van der Waals surface area contributed by atoms with Crippen molar-refractivity contribution in [3.05, 3.63) is 11.1 Å². The molecule has 0 N–H and O–H groups in total. The van der Waals surface area contributed by atoms with E-state index in [4.69, 9.17) is 0 Å². The molecule has 2 rings (SSSR count). The highest BCUT2D eigenvalue weighted by atomic mass is 16.2.